The largest absolute Gasteiger partial charge is 0.313 e. The molecule has 0 saturated carbocycles. The van der Waals surface area contributed by atoms with E-state index in [9.17, 15) is 0 Å². The highest BCUT2D eigenvalue weighted by Gasteiger charge is 2.07. The maximum atomic E-state index is 3.87. The Morgan fingerprint density at radius 3 is 3.00 bits per heavy atom. The first kappa shape index (κ1) is 10.9. The van der Waals surface area contributed by atoms with Crippen LogP contribution in [0.3, 0.4) is 0 Å². The first-order chi connectivity index (χ1) is 6.88. The number of aromatic nitrogens is 2. The van der Waals surface area contributed by atoms with E-state index in [2.05, 4.69) is 22.1 Å². The van der Waals surface area contributed by atoms with Crippen LogP contribution in [0.25, 0.3) is 0 Å². The lowest BCUT2D eigenvalue weighted by Gasteiger charge is -2.14. The number of nitrogens with one attached hydrogen (secondary N) is 1. The molecule has 0 aliphatic rings. The minimum atomic E-state index is 0.380. The Morgan fingerprint density at radius 1 is 1.57 bits per heavy atom. The summed E-state index contributed by atoms with van der Waals surface area (Å²) >= 11 is 0. The molecule has 1 aromatic heterocycles. The van der Waals surface area contributed by atoms with Gasteiger partial charge >= 0.3 is 0 Å². The zero-order valence-electron chi connectivity index (χ0n) is 8.61. The van der Waals surface area contributed by atoms with Crippen LogP contribution in [0.4, 0.5) is 0 Å². The molecule has 1 aromatic rings. The molecule has 1 heterocycles. The van der Waals surface area contributed by atoms with Gasteiger partial charge in [-0.25, -0.2) is 0 Å². The fourth-order valence-corrected chi connectivity index (χ4v) is 1.45. The van der Waals surface area contributed by atoms with Gasteiger partial charge in [0.15, 0.2) is 0 Å². The van der Waals surface area contributed by atoms with Gasteiger partial charge in [0, 0.05) is 12.2 Å². The van der Waals surface area contributed by atoms with Crippen LogP contribution in [-0.4, -0.2) is 17.2 Å². The number of nitrogens with zero attached hydrogens (tertiary/aromatic N) is 2. The molecular formula is C11H17N3. The van der Waals surface area contributed by atoms with Gasteiger partial charge in [-0.2, -0.15) is 10.2 Å². The molecule has 3 nitrogen and oxygen atoms in total. The van der Waals surface area contributed by atoms with Crippen molar-refractivity contribution in [1.82, 2.24) is 15.5 Å². The molecule has 0 saturated heterocycles. The summed E-state index contributed by atoms with van der Waals surface area (Å²) < 4.78 is 0. The van der Waals surface area contributed by atoms with E-state index in [1.807, 2.05) is 25.4 Å². The highest BCUT2D eigenvalue weighted by Crippen LogP contribution is 2.17. The maximum absolute atomic E-state index is 3.87. The third-order valence-corrected chi connectivity index (χ3v) is 2.26. The highest BCUT2D eigenvalue weighted by molar-refractivity contribution is 5.11. The van der Waals surface area contributed by atoms with Crippen molar-refractivity contribution in [1.29, 1.82) is 0 Å². The molecule has 14 heavy (non-hydrogen) atoms. The van der Waals surface area contributed by atoms with Crippen molar-refractivity contribution in [3.05, 3.63) is 36.7 Å². The number of hydrogen-bond donors (Lipinski definition) is 1. The summed E-state index contributed by atoms with van der Waals surface area (Å²) in [6, 6.07) is 2.38. The average molecular weight is 191 g/mol. The van der Waals surface area contributed by atoms with Crippen LogP contribution in [0.2, 0.25) is 0 Å². The fourth-order valence-electron chi connectivity index (χ4n) is 1.45. The second kappa shape index (κ2) is 6.27. The smallest absolute Gasteiger partial charge is 0.0544 e. The van der Waals surface area contributed by atoms with Crippen molar-refractivity contribution < 1.29 is 0 Å². The van der Waals surface area contributed by atoms with Crippen LogP contribution >= 0.6 is 0 Å². The minimum absolute atomic E-state index is 0.380. The number of hydrogen-bond acceptors (Lipinski definition) is 3. The molecule has 1 rings (SSSR count). The monoisotopic (exact) mass is 191 g/mol. The van der Waals surface area contributed by atoms with Crippen LogP contribution in [0.15, 0.2) is 31.1 Å². The third kappa shape index (κ3) is 3.26. The molecule has 0 bridgehead atoms. The summed E-state index contributed by atoms with van der Waals surface area (Å²) in [4.78, 5) is 0. The van der Waals surface area contributed by atoms with Gasteiger partial charge in [0.25, 0.3) is 0 Å². The molecule has 0 amide bonds. The Labute approximate surface area is 85.3 Å². The van der Waals surface area contributed by atoms with Crippen molar-refractivity contribution in [2.24, 2.45) is 0 Å². The van der Waals surface area contributed by atoms with Gasteiger partial charge in [-0.1, -0.05) is 6.08 Å². The molecule has 0 aromatic carbocycles. The summed E-state index contributed by atoms with van der Waals surface area (Å²) in [5.74, 6) is 0. The van der Waals surface area contributed by atoms with E-state index >= 15 is 0 Å². The Bertz CT molecular complexity index is 258. The number of rotatable bonds is 6. The van der Waals surface area contributed by atoms with E-state index in [0.29, 0.717) is 6.04 Å². The van der Waals surface area contributed by atoms with Gasteiger partial charge < -0.3 is 5.32 Å². The van der Waals surface area contributed by atoms with Crippen LogP contribution in [-0.2, 0) is 0 Å². The Kier molecular flexibility index (Phi) is 4.86. The molecule has 1 atom stereocenters. The molecule has 0 spiro atoms. The Morgan fingerprint density at radius 2 is 2.43 bits per heavy atom. The highest BCUT2D eigenvalue weighted by atomic mass is 15.1. The SMILES string of the molecule is C=CCCCC(NC)c1ccnnc1. The topological polar surface area (TPSA) is 37.8 Å². The lowest BCUT2D eigenvalue weighted by Crippen LogP contribution is -2.16. The standard InChI is InChI=1S/C11H17N3/c1-3-4-5-6-11(12-2)10-7-8-13-14-9-10/h3,7-9,11-12H,1,4-6H2,2H3. The molecule has 76 valence electrons. The Balaban J connectivity index is 2.50. The van der Waals surface area contributed by atoms with E-state index in [1.165, 1.54) is 5.56 Å². The van der Waals surface area contributed by atoms with E-state index < -0.39 is 0 Å². The van der Waals surface area contributed by atoms with Gasteiger partial charge in [-0.15, -0.1) is 6.58 Å². The van der Waals surface area contributed by atoms with Crippen molar-refractivity contribution >= 4 is 0 Å². The van der Waals surface area contributed by atoms with Gasteiger partial charge in [0.05, 0.1) is 6.20 Å². The molecular weight excluding hydrogens is 174 g/mol. The number of unbranched alkanes of at least 4 members (excludes halogenated alkanes) is 1. The van der Waals surface area contributed by atoms with Gasteiger partial charge in [0.1, 0.15) is 0 Å². The van der Waals surface area contributed by atoms with E-state index in [0.717, 1.165) is 19.3 Å². The molecule has 1 unspecified atom stereocenters. The summed E-state index contributed by atoms with van der Waals surface area (Å²) in [6.07, 6.45) is 8.82. The van der Waals surface area contributed by atoms with Crippen LogP contribution < -0.4 is 5.32 Å². The zero-order chi connectivity index (χ0) is 10.2. The lowest BCUT2D eigenvalue weighted by molar-refractivity contribution is 0.527. The predicted octanol–water partition coefficient (Wildman–Crippen LogP) is 2.09. The fraction of sp³-hybridized carbons (Fsp3) is 0.455. The molecule has 0 aliphatic carbocycles. The molecule has 3 heteroatoms. The molecule has 0 fully saturated rings. The second-order valence-electron chi connectivity index (χ2n) is 3.24. The Hall–Kier alpha value is -1.22. The van der Waals surface area contributed by atoms with Crippen LogP contribution in [0, 0.1) is 0 Å². The van der Waals surface area contributed by atoms with E-state index in [1.54, 1.807) is 6.20 Å². The first-order valence-electron chi connectivity index (χ1n) is 4.93. The summed E-state index contributed by atoms with van der Waals surface area (Å²) in [5.41, 5.74) is 1.20. The van der Waals surface area contributed by atoms with Gasteiger partial charge in [0.2, 0.25) is 0 Å². The first-order valence-corrected chi connectivity index (χ1v) is 4.93. The summed E-state index contributed by atoms with van der Waals surface area (Å²) in [7, 11) is 1.97. The van der Waals surface area contributed by atoms with Crippen molar-refractivity contribution in [3.63, 3.8) is 0 Å². The van der Waals surface area contributed by atoms with Crippen molar-refractivity contribution in [2.75, 3.05) is 7.05 Å². The zero-order valence-corrected chi connectivity index (χ0v) is 8.61. The summed E-state index contributed by atoms with van der Waals surface area (Å²) in [6.45, 7) is 3.71. The second-order valence-corrected chi connectivity index (χ2v) is 3.24. The predicted molar refractivity (Wildman–Crippen MR) is 57.9 cm³/mol. The van der Waals surface area contributed by atoms with Gasteiger partial charge in [-0.3, -0.25) is 0 Å². The molecule has 0 radical (unpaired) electrons. The molecule has 1 N–H and O–H groups in total. The van der Waals surface area contributed by atoms with E-state index in [4.69, 9.17) is 0 Å². The van der Waals surface area contributed by atoms with E-state index in [-0.39, 0.29) is 0 Å². The van der Waals surface area contributed by atoms with Crippen LogP contribution in [0.5, 0.6) is 0 Å². The van der Waals surface area contributed by atoms with Crippen molar-refractivity contribution in [2.45, 2.75) is 25.3 Å². The summed E-state index contributed by atoms with van der Waals surface area (Å²) in [5, 5.41) is 10.9. The van der Waals surface area contributed by atoms with Gasteiger partial charge in [-0.05, 0) is 37.9 Å². The van der Waals surface area contributed by atoms with Crippen LogP contribution in [0.1, 0.15) is 30.9 Å². The minimum Gasteiger partial charge on any atom is -0.313 e. The normalized spacial score (nSPS) is 12.4. The lowest BCUT2D eigenvalue weighted by atomic mass is 10.0. The number of allylic oxidation sites excluding steroid dienone is 1. The quantitative estimate of drug-likeness (QED) is 0.552. The maximum Gasteiger partial charge on any atom is 0.0544 e. The third-order valence-electron chi connectivity index (χ3n) is 2.26. The average Bonchev–Trinajstić information content (AvgIpc) is 2.26. The van der Waals surface area contributed by atoms with Crippen molar-refractivity contribution in [3.8, 4) is 0 Å². The molecule has 0 aliphatic heterocycles.